The Hall–Kier alpha value is -3.00. The maximum Gasteiger partial charge on any atom is 0.289 e. The van der Waals surface area contributed by atoms with Crippen molar-refractivity contribution in [2.45, 2.75) is 6.04 Å². The van der Waals surface area contributed by atoms with Crippen molar-refractivity contribution in [2.75, 3.05) is 7.05 Å². The molecule has 2 heterocycles. The smallest absolute Gasteiger partial charge is 0.289 e. The van der Waals surface area contributed by atoms with Gasteiger partial charge in [0, 0.05) is 19.2 Å². The van der Waals surface area contributed by atoms with E-state index in [0.717, 1.165) is 0 Å². The average molecular weight is 344 g/mol. The minimum atomic E-state index is -0.869. The molecule has 122 valence electrons. The number of amides is 1. The number of likely N-dealkylation sites (N-methyl/N-ethyl adjacent to an activating group) is 1. The first kappa shape index (κ1) is 15.9. The molecule has 7 nitrogen and oxygen atoms in total. The van der Waals surface area contributed by atoms with Crippen LogP contribution in [0.5, 0.6) is 0 Å². The van der Waals surface area contributed by atoms with E-state index < -0.39 is 28.4 Å². The molecule has 0 saturated carbocycles. The number of carbonyl (C=O) groups excluding carboxylic acids is 2. The van der Waals surface area contributed by atoms with E-state index in [1.54, 1.807) is 23.6 Å². The van der Waals surface area contributed by atoms with Gasteiger partial charge in [-0.1, -0.05) is 18.2 Å². The zero-order chi connectivity index (χ0) is 17.4. The van der Waals surface area contributed by atoms with Crippen LogP contribution >= 0.6 is 11.3 Å². The fraction of sp³-hybridized carbons (Fsp3) is 0.125. The summed E-state index contributed by atoms with van der Waals surface area (Å²) < 4.78 is 0. The van der Waals surface area contributed by atoms with Crippen LogP contribution in [0.4, 0.5) is 5.69 Å². The number of non-ortho nitro benzene ring substituents is 1. The van der Waals surface area contributed by atoms with E-state index in [9.17, 15) is 24.8 Å². The number of aliphatic hydroxyl groups is 1. The number of nitrogens with zero attached hydrogens (tertiary/aromatic N) is 2. The van der Waals surface area contributed by atoms with Crippen LogP contribution in [0, 0.1) is 10.1 Å². The molecule has 8 heteroatoms. The van der Waals surface area contributed by atoms with Gasteiger partial charge in [-0.05, 0) is 17.0 Å². The number of thiophene rings is 1. The molecule has 24 heavy (non-hydrogen) atoms. The molecule has 1 aromatic heterocycles. The number of benzene rings is 1. The highest BCUT2D eigenvalue weighted by molar-refractivity contribution is 7.12. The summed E-state index contributed by atoms with van der Waals surface area (Å²) in [5.41, 5.74) is 0.178. The normalized spacial score (nSPS) is 17.5. The third-order valence-corrected chi connectivity index (χ3v) is 4.69. The van der Waals surface area contributed by atoms with Crippen molar-refractivity contribution in [1.29, 1.82) is 0 Å². The van der Waals surface area contributed by atoms with Crippen LogP contribution in [0.1, 0.15) is 21.3 Å². The summed E-state index contributed by atoms with van der Waals surface area (Å²) in [6, 6.07) is 8.11. The highest BCUT2D eigenvalue weighted by Gasteiger charge is 2.42. The monoisotopic (exact) mass is 344 g/mol. The molecule has 3 rings (SSSR count). The molecule has 1 aliphatic heterocycles. The van der Waals surface area contributed by atoms with Gasteiger partial charge in [0.15, 0.2) is 5.76 Å². The highest BCUT2D eigenvalue weighted by Crippen LogP contribution is 2.39. The van der Waals surface area contributed by atoms with Crippen LogP contribution < -0.4 is 0 Å². The van der Waals surface area contributed by atoms with Gasteiger partial charge < -0.3 is 10.0 Å². The van der Waals surface area contributed by atoms with Gasteiger partial charge in [0.2, 0.25) is 5.78 Å². The van der Waals surface area contributed by atoms with E-state index >= 15 is 0 Å². The topological polar surface area (TPSA) is 101 Å². The zero-order valence-electron chi connectivity index (χ0n) is 12.5. The molecule has 0 fully saturated rings. The molecule has 1 aliphatic rings. The van der Waals surface area contributed by atoms with Crippen molar-refractivity contribution in [2.24, 2.45) is 0 Å². The first-order valence-electron chi connectivity index (χ1n) is 6.94. The number of hydrogen-bond donors (Lipinski definition) is 1. The van der Waals surface area contributed by atoms with Gasteiger partial charge in [0.05, 0.1) is 21.4 Å². The second-order valence-electron chi connectivity index (χ2n) is 5.24. The van der Waals surface area contributed by atoms with Gasteiger partial charge in [0.1, 0.15) is 0 Å². The van der Waals surface area contributed by atoms with E-state index in [2.05, 4.69) is 0 Å². The van der Waals surface area contributed by atoms with Crippen LogP contribution in [0.25, 0.3) is 0 Å². The van der Waals surface area contributed by atoms with Gasteiger partial charge in [-0.2, -0.15) is 0 Å². The van der Waals surface area contributed by atoms with E-state index in [1.807, 2.05) is 0 Å². The van der Waals surface area contributed by atoms with Crippen molar-refractivity contribution in [3.63, 3.8) is 0 Å². The molecular formula is C16H12N2O5S. The minimum Gasteiger partial charge on any atom is -0.503 e. The summed E-state index contributed by atoms with van der Waals surface area (Å²) in [4.78, 5) is 36.8. The molecule has 0 radical (unpaired) electrons. The van der Waals surface area contributed by atoms with Crippen LogP contribution in [-0.2, 0) is 4.79 Å². The number of carbonyl (C=O) groups is 2. The molecule has 0 bridgehead atoms. The molecule has 1 atom stereocenters. The van der Waals surface area contributed by atoms with E-state index in [-0.39, 0.29) is 11.3 Å². The molecule has 2 aromatic rings. The summed E-state index contributed by atoms with van der Waals surface area (Å²) in [6.45, 7) is 0. The summed E-state index contributed by atoms with van der Waals surface area (Å²) in [5.74, 6) is -1.77. The second kappa shape index (κ2) is 5.89. The molecule has 1 aromatic carbocycles. The Labute approximate surface area is 140 Å². The van der Waals surface area contributed by atoms with Gasteiger partial charge in [-0.3, -0.25) is 19.7 Å². The molecule has 1 unspecified atom stereocenters. The number of hydrogen-bond acceptors (Lipinski definition) is 6. The third kappa shape index (κ3) is 2.46. The standard InChI is InChI=1S/C16H12N2O5S/c1-17-13(9-4-2-5-10(8-9)18(22)23)12(15(20)16(17)21)14(19)11-6-3-7-24-11/h2-8,13,20H,1H3. The van der Waals surface area contributed by atoms with E-state index in [4.69, 9.17) is 0 Å². The first-order chi connectivity index (χ1) is 11.4. The van der Waals surface area contributed by atoms with Crippen molar-refractivity contribution in [1.82, 2.24) is 4.90 Å². The lowest BCUT2D eigenvalue weighted by molar-refractivity contribution is -0.384. The van der Waals surface area contributed by atoms with Crippen molar-refractivity contribution < 1.29 is 19.6 Å². The average Bonchev–Trinajstić information content (AvgIpc) is 3.18. The predicted octanol–water partition coefficient (Wildman–Crippen LogP) is 2.86. The lowest BCUT2D eigenvalue weighted by Crippen LogP contribution is -2.26. The number of nitro benzene ring substituents is 1. The fourth-order valence-electron chi connectivity index (χ4n) is 2.69. The zero-order valence-corrected chi connectivity index (χ0v) is 13.3. The summed E-state index contributed by atoms with van der Waals surface area (Å²) in [7, 11) is 1.44. The first-order valence-corrected chi connectivity index (χ1v) is 7.82. The van der Waals surface area contributed by atoms with E-state index in [0.29, 0.717) is 10.4 Å². The Balaban J connectivity index is 2.11. The van der Waals surface area contributed by atoms with Gasteiger partial charge in [-0.25, -0.2) is 0 Å². The largest absolute Gasteiger partial charge is 0.503 e. The number of aliphatic hydroxyl groups excluding tert-OH is 1. The number of nitro groups is 1. The predicted molar refractivity (Wildman–Crippen MR) is 86.9 cm³/mol. The Morgan fingerprint density at radius 2 is 2.08 bits per heavy atom. The Kier molecular flexibility index (Phi) is 3.90. The molecule has 0 aliphatic carbocycles. The van der Waals surface area contributed by atoms with Crippen LogP contribution in [0.2, 0.25) is 0 Å². The number of ketones is 1. The number of rotatable bonds is 4. The van der Waals surface area contributed by atoms with Crippen LogP contribution in [0.3, 0.4) is 0 Å². The van der Waals surface area contributed by atoms with Crippen molar-refractivity contribution >= 4 is 28.7 Å². The third-order valence-electron chi connectivity index (χ3n) is 3.83. The van der Waals surface area contributed by atoms with Gasteiger partial charge >= 0.3 is 0 Å². The molecular weight excluding hydrogens is 332 g/mol. The van der Waals surface area contributed by atoms with Crippen LogP contribution in [0.15, 0.2) is 53.1 Å². The van der Waals surface area contributed by atoms with Crippen molar-refractivity contribution in [3.8, 4) is 0 Å². The quantitative estimate of drug-likeness (QED) is 0.522. The second-order valence-corrected chi connectivity index (χ2v) is 6.19. The summed E-state index contributed by atoms with van der Waals surface area (Å²) in [6.07, 6.45) is 0. The number of Topliss-reactive ketones (excluding diaryl/α,β-unsaturated/α-hetero) is 1. The highest BCUT2D eigenvalue weighted by atomic mass is 32.1. The Morgan fingerprint density at radius 3 is 2.71 bits per heavy atom. The fourth-order valence-corrected chi connectivity index (χ4v) is 3.37. The van der Waals surface area contributed by atoms with Crippen LogP contribution in [-0.4, -0.2) is 33.7 Å². The summed E-state index contributed by atoms with van der Waals surface area (Å²) in [5, 5.41) is 22.8. The van der Waals surface area contributed by atoms with Crippen molar-refractivity contribution in [3.05, 3.63) is 73.7 Å². The molecule has 1 amide bonds. The minimum absolute atomic E-state index is 0.0644. The van der Waals surface area contributed by atoms with Gasteiger partial charge in [0.25, 0.3) is 11.6 Å². The molecule has 0 spiro atoms. The lowest BCUT2D eigenvalue weighted by atomic mass is 9.95. The molecule has 1 N–H and O–H groups in total. The Bertz CT molecular complexity index is 872. The maximum absolute atomic E-state index is 12.7. The lowest BCUT2D eigenvalue weighted by Gasteiger charge is -2.22. The maximum atomic E-state index is 12.7. The summed E-state index contributed by atoms with van der Waals surface area (Å²) >= 11 is 1.19. The molecule has 0 saturated heterocycles. The Morgan fingerprint density at radius 1 is 1.33 bits per heavy atom. The van der Waals surface area contributed by atoms with E-state index in [1.165, 1.54) is 41.5 Å². The van der Waals surface area contributed by atoms with Gasteiger partial charge in [-0.15, -0.1) is 11.3 Å². The SMILES string of the molecule is CN1C(=O)C(O)=C(C(=O)c2cccs2)C1c1cccc([N+](=O)[O-])c1.